The molecule has 4 N–H and O–H groups in total. The van der Waals surface area contributed by atoms with E-state index in [1.807, 2.05) is 31.3 Å². The van der Waals surface area contributed by atoms with Crippen molar-refractivity contribution in [3.8, 4) is 5.75 Å². The van der Waals surface area contributed by atoms with Gasteiger partial charge in [0.25, 0.3) is 0 Å². The van der Waals surface area contributed by atoms with Crippen LogP contribution in [0.4, 0.5) is 5.69 Å². The Hall–Kier alpha value is -1.94. The summed E-state index contributed by atoms with van der Waals surface area (Å²) in [5.41, 5.74) is 8.58. The summed E-state index contributed by atoms with van der Waals surface area (Å²) >= 11 is 0. The van der Waals surface area contributed by atoms with Crippen LogP contribution in [0, 0.1) is 0 Å². The van der Waals surface area contributed by atoms with E-state index < -0.39 is 0 Å². The van der Waals surface area contributed by atoms with Crippen molar-refractivity contribution in [2.24, 2.45) is 12.8 Å². The Morgan fingerprint density at radius 3 is 2.53 bits per heavy atom. The molecule has 0 fully saturated rings. The molecular weight excluding hydrogens is 214 g/mol. The number of hydrogen-bond donors (Lipinski definition) is 3. The van der Waals surface area contributed by atoms with Gasteiger partial charge in [0.05, 0.1) is 12.2 Å². The molecule has 4 heteroatoms. The third-order valence-electron chi connectivity index (χ3n) is 2.90. The maximum Gasteiger partial charge on any atom is 0.138 e. The highest BCUT2D eigenvalue weighted by atomic mass is 16.3. The van der Waals surface area contributed by atoms with Gasteiger partial charge in [-0.05, 0) is 24.3 Å². The summed E-state index contributed by atoms with van der Waals surface area (Å²) in [5, 5.41) is 12.8. The minimum absolute atomic E-state index is 0.265. The average Bonchev–Trinajstić information content (AvgIpc) is 2.69. The molecule has 17 heavy (non-hydrogen) atoms. The van der Waals surface area contributed by atoms with Crippen LogP contribution in [0.1, 0.15) is 11.4 Å². The van der Waals surface area contributed by atoms with E-state index in [1.165, 1.54) is 0 Å². The third-order valence-corrected chi connectivity index (χ3v) is 2.90. The van der Waals surface area contributed by atoms with Gasteiger partial charge >= 0.3 is 0 Å². The van der Waals surface area contributed by atoms with Crippen molar-refractivity contribution in [3.05, 3.63) is 47.8 Å². The van der Waals surface area contributed by atoms with Gasteiger partial charge in [-0.2, -0.15) is 0 Å². The maximum atomic E-state index is 9.62. The van der Waals surface area contributed by atoms with Gasteiger partial charge in [-0.1, -0.05) is 12.1 Å². The van der Waals surface area contributed by atoms with E-state index in [0.717, 1.165) is 17.1 Å². The first-order valence-corrected chi connectivity index (χ1v) is 5.57. The lowest BCUT2D eigenvalue weighted by Crippen LogP contribution is -2.09. The van der Waals surface area contributed by atoms with Gasteiger partial charge in [0, 0.05) is 25.0 Å². The van der Waals surface area contributed by atoms with E-state index in [1.54, 1.807) is 12.1 Å². The minimum atomic E-state index is 0.265. The topological polar surface area (TPSA) is 63.2 Å². The van der Waals surface area contributed by atoms with Crippen LogP contribution in [0.15, 0.2) is 36.4 Å². The van der Waals surface area contributed by atoms with Crippen molar-refractivity contribution in [2.45, 2.75) is 13.1 Å². The number of rotatable bonds is 4. The summed E-state index contributed by atoms with van der Waals surface area (Å²) < 4.78 is 2.06. The summed E-state index contributed by atoms with van der Waals surface area (Å²) in [6.45, 7) is 1.20. The van der Waals surface area contributed by atoms with Crippen LogP contribution in [0.5, 0.6) is 5.75 Å². The lowest BCUT2D eigenvalue weighted by atomic mass is 10.3. The van der Waals surface area contributed by atoms with Gasteiger partial charge in [0.1, 0.15) is 5.75 Å². The van der Waals surface area contributed by atoms with Gasteiger partial charge in [-0.25, -0.2) is 0 Å². The van der Waals surface area contributed by atoms with Crippen molar-refractivity contribution in [1.29, 1.82) is 0 Å². The number of hydrogen-bond acceptors (Lipinski definition) is 3. The fourth-order valence-corrected chi connectivity index (χ4v) is 1.79. The second kappa shape index (κ2) is 4.93. The molecule has 0 unspecified atom stereocenters. The Balaban J connectivity index is 2.07. The van der Waals surface area contributed by atoms with Crippen LogP contribution >= 0.6 is 0 Å². The van der Waals surface area contributed by atoms with E-state index >= 15 is 0 Å². The first-order chi connectivity index (χ1) is 8.22. The van der Waals surface area contributed by atoms with Gasteiger partial charge in [-0.3, -0.25) is 0 Å². The summed E-state index contributed by atoms with van der Waals surface area (Å²) in [6.07, 6.45) is 0. The predicted molar refractivity (Wildman–Crippen MR) is 68.7 cm³/mol. The highest BCUT2D eigenvalue weighted by molar-refractivity contribution is 5.55. The highest BCUT2D eigenvalue weighted by Crippen LogP contribution is 2.22. The van der Waals surface area contributed by atoms with Gasteiger partial charge in [-0.15, -0.1) is 0 Å². The minimum Gasteiger partial charge on any atom is -0.506 e. The summed E-state index contributed by atoms with van der Waals surface area (Å²) in [4.78, 5) is 0. The van der Waals surface area contributed by atoms with Crippen molar-refractivity contribution in [3.63, 3.8) is 0 Å². The average molecular weight is 231 g/mol. The molecule has 90 valence electrons. The first kappa shape index (κ1) is 11.5. The van der Waals surface area contributed by atoms with Crippen molar-refractivity contribution >= 4 is 5.69 Å². The molecule has 2 aromatic rings. The molecule has 1 aromatic heterocycles. The standard InChI is InChI=1S/C13H17N3O/c1-16-10(8-14)6-7-11(16)9-15-12-4-2-3-5-13(12)17/h2-7,15,17H,8-9,14H2,1H3. The molecule has 0 saturated heterocycles. The second-order valence-corrected chi connectivity index (χ2v) is 3.95. The Bertz CT molecular complexity index is 505. The molecule has 0 spiro atoms. The fraction of sp³-hybridized carbons (Fsp3) is 0.231. The number of nitrogens with one attached hydrogen (secondary N) is 1. The maximum absolute atomic E-state index is 9.62. The van der Waals surface area contributed by atoms with E-state index in [9.17, 15) is 5.11 Å². The molecule has 0 bridgehead atoms. The summed E-state index contributed by atoms with van der Waals surface area (Å²) in [6, 6.07) is 11.3. The number of aromatic hydroxyl groups is 1. The first-order valence-electron chi connectivity index (χ1n) is 5.57. The molecular formula is C13H17N3O. The number of benzene rings is 1. The van der Waals surface area contributed by atoms with Crippen molar-refractivity contribution < 1.29 is 5.11 Å². The number of phenols is 1. The Kier molecular flexibility index (Phi) is 3.35. The second-order valence-electron chi connectivity index (χ2n) is 3.95. The zero-order chi connectivity index (χ0) is 12.3. The van der Waals surface area contributed by atoms with Crippen LogP contribution in [0.2, 0.25) is 0 Å². The zero-order valence-corrected chi connectivity index (χ0v) is 9.85. The number of aromatic nitrogens is 1. The number of phenolic OH excluding ortho intramolecular Hbond substituents is 1. The van der Waals surface area contributed by atoms with Crippen molar-refractivity contribution in [1.82, 2.24) is 4.57 Å². The molecule has 1 aromatic carbocycles. The molecule has 0 aliphatic rings. The Morgan fingerprint density at radius 1 is 1.18 bits per heavy atom. The zero-order valence-electron chi connectivity index (χ0n) is 9.85. The molecule has 0 saturated carbocycles. The molecule has 1 heterocycles. The van der Waals surface area contributed by atoms with Crippen LogP contribution < -0.4 is 11.1 Å². The summed E-state index contributed by atoms with van der Waals surface area (Å²) in [5.74, 6) is 0.265. The van der Waals surface area contributed by atoms with Crippen LogP contribution in [-0.2, 0) is 20.1 Å². The van der Waals surface area contributed by atoms with Gasteiger partial charge in [0.2, 0.25) is 0 Å². The van der Waals surface area contributed by atoms with E-state index in [2.05, 4.69) is 9.88 Å². The van der Waals surface area contributed by atoms with E-state index in [-0.39, 0.29) is 5.75 Å². The smallest absolute Gasteiger partial charge is 0.138 e. The molecule has 0 atom stereocenters. The van der Waals surface area contributed by atoms with Crippen LogP contribution in [-0.4, -0.2) is 9.67 Å². The van der Waals surface area contributed by atoms with Gasteiger partial charge < -0.3 is 20.7 Å². The normalized spacial score (nSPS) is 10.5. The number of nitrogens with two attached hydrogens (primary N) is 1. The quantitative estimate of drug-likeness (QED) is 0.703. The number of para-hydroxylation sites is 2. The Morgan fingerprint density at radius 2 is 1.88 bits per heavy atom. The molecule has 0 aliphatic heterocycles. The van der Waals surface area contributed by atoms with Crippen LogP contribution in [0.25, 0.3) is 0 Å². The van der Waals surface area contributed by atoms with E-state index in [0.29, 0.717) is 13.1 Å². The molecule has 0 aliphatic carbocycles. The number of nitrogens with zero attached hydrogens (tertiary/aromatic N) is 1. The Labute approximate surface area is 101 Å². The molecule has 0 radical (unpaired) electrons. The monoisotopic (exact) mass is 231 g/mol. The van der Waals surface area contributed by atoms with Gasteiger partial charge in [0.15, 0.2) is 0 Å². The fourth-order valence-electron chi connectivity index (χ4n) is 1.79. The highest BCUT2D eigenvalue weighted by Gasteiger charge is 2.04. The number of anilines is 1. The molecule has 2 rings (SSSR count). The van der Waals surface area contributed by atoms with Crippen LogP contribution in [0.3, 0.4) is 0 Å². The molecule has 0 amide bonds. The lowest BCUT2D eigenvalue weighted by Gasteiger charge is -2.10. The summed E-state index contributed by atoms with van der Waals surface area (Å²) in [7, 11) is 1.99. The SMILES string of the molecule is Cn1c(CN)ccc1CNc1ccccc1O. The van der Waals surface area contributed by atoms with E-state index in [4.69, 9.17) is 5.73 Å². The van der Waals surface area contributed by atoms with Crippen molar-refractivity contribution in [2.75, 3.05) is 5.32 Å². The third kappa shape index (κ3) is 2.42. The largest absolute Gasteiger partial charge is 0.506 e. The predicted octanol–water partition coefficient (Wildman–Crippen LogP) is 1.80. The molecule has 4 nitrogen and oxygen atoms in total. The lowest BCUT2D eigenvalue weighted by molar-refractivity contribution is 0.477.